The molecule has 1 aliphatic rings. The number of rotatable bonds is 7. The van der Waals surface area contributed by atoms with E-state index < -0.39 is 5.82 Å². The molecule has 0 aliphatic heterocycles. The minimum atomic E-state index is -0.507. The van der Waals surface area contributed by atoms with Gasteiger partial charge in [-0.05, 0) is 74.7 Å². The van der Waals surface area contributed by atoms with Gasteiger partial charge in [-0.1, -0.05) is 13.0 Å². The maximum absolute atomic E-state index is 14.6. The van der Waals surface area contributed by atoms with Crippen LogP contribution >= 0.6 is 0 Å². The number of halogens is 1. The van der Waals surface area contributed by atoms with E-state index in [0.717, 1.165) is 47.5 Å². The van der Waals surface area contributed by atoms with Gasteiger partial charge >= 0.3 is 0 Å². The summed E-state index contributed by atoms with van der Waals surface area (Å²) < 4.78 is 18.4. The van der Waals surface area contributed by atoms with Gasteiger partial charge in [0.25, 0.3) is 5.91 Å². The molecule has 176 valence electrons. The van der Waals surface area contributed by atoms with Crippen LogP contribution in [0, 0.1) is 12.7 Å². The summed E-state index contributed by atoms with van der Waals surface area (Å²) in [6.07, 6.45) is 9.43. The van der Waals surface area contributed by atoms with Gasteiger partial charge in [0.05, 0.1) is 18.0 Å². The van der Waals surface area contributed by atoms with Gasteiger partial charge < -0.3 is 10.2 Å². The van der Waals surface area contributed by atoms with E-state index in [9.17, 15) is 9.18 Å². The second kappa shape index (κ2) is 8.68. The molecule has 0 spiro atoms. The standard InChI is InChI=1S/C26H29FN6O/c1-16-9-23(27)22(26(34)30-20-6-7-20)10-21(16)19-11-29-33(15-19)25-12-28-24-8-5-18(14-32(24)25)17(2)13-31(3)4/h5,8-12,14-15,17,20H,6-7,13H2,1-4H3,(H,30,34)/t17-/m1/s1. The lowest BCUT2D eigenvalue weighted by molar-refractivity contribution is 0.0947. The highest BCUT2D eigenvalue weighted by molar-refractivity contribution is 5.96. The number of aryl methyl sites for hydroxylation is 1. The number of amides is 1. The number of fused-ring (bicyclic) bond motifs is 1. The Labute approximate surface area is 198 Å². The van der Waals surface area contributed by atoms with E-state index in [1.807, 2.05) is 23.6 Å². The molecule has 4 aromatic rings. The van der Waals surface area contributed by atoms with Crippen LogP contribution in [-0.2, 0) is 0 Å². The molecule has 3 heterocycles. The Kier molecular flexibility index (Phi) is 5.69. The number of aromatic nitrogens is 4. The molecule has 1 atom stereocenters. The molecule has 8 heteroatoms. The first-order valence-electron chi connectivity index (χ1n) is 11.6. The molecule has 1 fully saturated rings. The number of hydrogen-bond donors (Lipinski definition) is 1. The topological polar surface area (TPSA) is 67.5 Å². The zero-order valence-corrected chi connectivity index (χ0v) is 19.9. The van der Waals surface area contributed by atoms with Crippen molar-refractivity contribution in [2.24, 2.45) is 0 Å². The molecule has 7 nitrogen and oxygen atoms in total. The fourth-order valence-corrected chi connectivity index (χ4v) is 4.33. The van der Waals surface area contributed by atoms with E-state index in [-0.39, 0.29) is 17.5 Å². The van der Waals surface area contributed by atoms with Crippen LogP contribution in [0.5, 0.6) is 0 Å². The normalized spacial score (nSPS) is 14.6. The second-order valence-electron chi connectivity index (χ2n) is 9.54. The average Bonchev–Trinajstić information content (AvgIpc) is 3.30. The Balaban J connectivity index is 1.49. The van der Waals surface area contributed by atoms with Crippen LogP contribution in [0.1, 0.15) is 47.2 Å². The molecular formula is C26H29FN6O. The Hall–Kier alpha value is -3.52. The number of imidazole rings is 1. The van der Waals surface area contributed by atoms with Gasteiger partial charge in [-0.2, -0.15) is 5.10 Å². The van der Waals surface area contributed by atoms with Crippen LogP contribution in [0.15, 0.2) is 49.1 Å². The lowest BCUT2D eigenvalue weighted by Gasteiger charge is -2.17. The van der Waals surface area contributed by atoms with E-state index in [4.69, 9.17) is 0 Å². The first-order chi connectivity index (χ1) is 16.3. The largest absolute Gasteiger partial charge is 0.349 e. The predicted octanol–water partition coefficient (Wildman–Crippen LogP) is 4.19. The summed E-state index contributed by atoms with van der Waals surface area (Å²) in [6.45, 7) is 4.99. The van der Waals surface area contributed by atoms with Crippen molar-refractivity contribution in [1.82, 2.24) is 29.4 Å². The lowest BCUT2D eigenvalue weighted by Crippen LogP contribution is -2.26. The van der Waals surface area contributed by atoms with Gasteiger partial charge in [0.15, 0.2) is 5.82 Å². The molecule has 1 aromatic carbocycles. The fourth-order valence-electron chi connectivity index (χ4n) is 4.33. The Morgan fingerprint density at radius 2 is 2.03 bits per heavy atom. The number of hydrogen-bond acceptors (Lipinski definition) is 4. The average molecular weight is 461 g/mol. The van der Waals surface area contributed by atoms with Crippen molar-refractivity contribution in [2.75, 3.05) is 20.6 Å². The second-order valence-corrected chi connectivity index (χ2v) is 9.54. The molecule has 0 radical (unpaired) electrons. The molecule has 1 aliphatic carbocycles. The third-order valence-corrected chi connectivity index (χ3v) is 6.32. The lowest BCUT2D eigenvalue weighted by atomic mass is 9.99. The number of carbonyl (C=O) groups is 1. The van der Waals surface area contributed by atoms with E-state index in [0.29, 0.717) is 5.92 Å². The third kappa shape index (κ3) is 4.33. The SMILES string of the molecule is Cc1cc(F)c(C(=O)NC2CC2)cc1-c1cnn(-c2cnc3ccc([C@H](C)CN(C)C)cn23)c1. The van der Waals surface area contributed by atoms with Crippen molar-refractivity contribution in [1.29, 1.82) is 0 Å². The van der Waals surface area contributed by atoms with Crippen LogP contribution in [-0.4, -0.2) is 56.7 Å². The summed E-state index contributed by atoms with van der Waals surface area (Å²) in [7, 11) is 4.14. The smallest absolute Gasteiger partial charge is 0.254 e. The number of nitrogens with one attached hydrogen (secondary N) is 1. The molecule has 0 bridgehead atoms. The summed E-state index contributed by atoms with van der Waals surface area (Å²) in [5.41, 5.74) is 4.46. The number of likely N-dealkylation sites (N-methyl/N-ethyl adjacent to an activating group) is 1. The number of nitrogens with zero attached hydrogens (tertiary/aromatic N) is 5. The zero-order valence-electron chi connectivity index (χ0n) is 19.9. The van der Waals surface area contributed by atoms with E-state index in [2.05, 4.69) is 53.6 Å². The van der Waals surface area contributed by atoms with Crippen molar-refractivity contribution in [3.05, 3.63) is 71.6 Å². The Morgan fingerprint density at radius 1 is 1.24 bits per heavy atom. The number of benzene rings is 1. The van der Waals surface area contributed by atoms with Crippen LogP contribution in [0.25, 0.3) is 22.6 Å². The summed E-state index contributed by atoms with van der Waals surface area (Å²) in [6, 6.07) is 7.34. The molecular weight excluding hydrogens is 431 g/mol. The van der Waals surface area contributed by atoms with Crippen LogP contribution in [0.4, 0.5) is 4.39 Å². The first-order valence-corrected chi connectivity index (χ1v) is 11.6. The van der Waals surface area contributed by atoms with Gasteiger partial charge in [0.1, 0.15) is 11.5 Å². The molecule has 0 unspecified atom stereocenters. The molecule has 1 saturated carbocycles. The van der Waals surface area contributed by atoms with Gasteiger partial charge in [0, 0.05) is 30.5 Å². The summed E-state index contributed by atoms with van der Waals surface area (Å²) in [4.78, 5) is 19.2. The van der Waals surface area contributed by atoms with E-state index in [1.54, 1.807) is 23.1 Å². The highest BCUT2D eigenvalue weighted by atomic mass is 19.1. The molecule has 3 aromatic heterocycles. The molecule has 1 N–H and O–H groups in total. The van der Waals surface area contributed by atoms with Crippen LogP contribution in [0.3, 0.4) is 0 Å². The third-order valence-electron chi connectivity index (χ3n) is 6.32. The van der Waals surface area contributed by atoms with Crippen molar-refractivity contribution < 1.29 is 9.18 Å². The van der Waals surface area contributed by atoms with Crippen molar-refractivity contribution in [2.45, 2.75) is 38.6 Å². The van der Waals surface area contributed by atoms with Gasteiger partial charge in [-0.15, -0.1) is 0 Å². The summed E-state index contributed by atoms with van der Waals surface area (Å²) in [5.74, 6) is 0.305. The Bertz CT molecular complexity index is 1370. The molecule has 0 saturated heterocycles. The minimum Gasteiger partial charge on any atom is -0.349 e. The highest BCUT2D eigenvalue weighted by Crippen LogP contribution is 2.28. The fraction of sp³-hybridized carbons (Fsp3) is 0.346. The van der Waals surface area contributed by atoms with Crippen molar-refractivity contribution in [3.8, 4) is 16.9 Å². The minimum absolute atomic E-state index is 0.0644. The van der Waals surface area contributed by atoms with E-state index in [1.165, 1.54) is 11.6 Å². The van der Waals surface area contributed by atoms with Crippen molar-refractivity contribution in [3.63, 3.8) is 0 Å². The summed E-state index contributed by atoms with van der Waals surface area (Å²) in [5, 5.41) is 7.43. The Morgan fingerprint density at radius 3 is 2.76 bits per heavy atom. The zero-order chi connectivity index (χ0) is 24.0. The monoisotopic (exact) mass is 460 g/mol. The maximum atomic E-state index is 14.6. The molecule has 1 amide bonds. The predicted molar refractivity (Wildman–Crippen MR) is 130 cm³/mol. The highest BCUT2D eigenvalue weighted by Gasteiger charge is 2.26. The molecule has 5 rings (SSSR count). The van der Waals surface area contributed by atoms with Crippen LogP contribution in [0.2, 0.25) is 0 Å². The van der Waals surface area contributed by atoms with Crippen LogP contribution < -0.4 is 5.32 Å². The van der Waals surface area contributed by atoms with Gasteiger partial charge in [-0.3, -0.25) is 9.20 Å². The van der Waals surface area contributed by atoms with E-state index >= 15 is 0 Å². The quantitative estimate of drug-likeness (QED) is 0.449. The maximum Gasteiger partial charge on any atom is 0.254 e. The van der Waals surface area contributed by atoms with Gasteiger partial charge in [-0.25, -0.2) is 14.1 Å². The van der Waals surface area contributed by atoms with Crippen molar-refractivity contribution >= 4 is 11.6 Å². The molecule has 34 heavy (non-hydrogen) atoms. The summed E-state index contributed by atoms with van der Waals surface area (Å²) >= 11 is 0. The number of pyridine rings is 1. The first kappa shape index (κ1) is 22.3. The number of carbonyl (C=O) groups excluding carboxylic acids is 1. The van der Waals surface area contributed by atoms with Gasteiger partial charge in [0.2, 0.25) is 0 Å².